The van der Waals surface area contributed by atoms with Gasteiger partial charge in [-0.15, -0.1) is 0 Å². The van der Waals surface area contributed by atoms with Crippen LogP contribution in [0.4, 0.5) is 0 Å². The maximum atomic E-state index is 11.7. The Morgan fingerprint density at radius 3 is 2.95 bits per heavy atom. The summed E-state index contributed by atoms with van der Waals surface area (Å²) < 4.78 is 25.1. The molecule has 1 saturated heterocycles. The quantitative estimate of drug-likeness (QED) is 0.928. The molecule has 0 radical (unpaired) electrons. The van der Waals surface area contributed by atoms with E-state index in [2.05, 4.69) is 29.6 Å². The van der Waals surface area contributed by atoms with E-state index in [1.165, 1.54) is 17.4 Å². The van der Waals surface area contributed by atoms with Gasteiger partial charge in [0, 0.05) is 19.1 Å². The maximum Gasteiger partial charge on any atom is 0.211 e. The number of benzene rings is 1. The summed E-state index contributed by atoms with van der Waals surface area (Å²) in [6, 6.07) is 9.01. The Labute approximate surface area is 127 Å². The third kappa shape index (κ3) is 3.47. The molecule has 1 aromatic carbocycles. The molecule has 5 heteroatoms. The Balaban J connectivity index is 1.70. The first kappa shape index (κ1) is 15.0. The topological polar surface area (TPSA) is 49.4 Å². The second-order valence-corrected chi connectivity index (χ2v) is 8.30. The van der Waals surface area contributed by atoms with Crippen molar-refractivity contribution in [1.82, 2.24) is 9.62 Å². The van der Waals surface area contributed by atoms with Gasteiger partial charge < -0.3 is 5.32 Å². The molecular formula is C16H24N2O2S. The molecule has 0 amide bonds. The minimum Gasteiger partial charge on any atom is -0.310 e. The molecule has 3 rings (SSSR count). The fourth-order valence-corrected chi connectivity index (χ4v) is 4.60. The lowest BCUT2D eigenvalue weighted by Gasteiger charge is -2.35. The van der Waals surface area contributed by atoms with Crippen LogP contribution >= 0.6 is 0 Å². The van der Waals surface area contributed by atoms with Crippen LogP contribution in [-0.4, -0.2) is 38.6 Å². The van der Waals surface area contributed by atoms with Gasteiger partial charge in [0.2, 0.25) is 10.0 Å². The molecule has 0 aromatic heterocycles. The predicted molar refractivity (Wildman–Crippen MR) is 84.6 cm³/mol. The Hall–Kier alpha value is -0.910. The monoisotopic (exact) mass is 308 g/mol. The molecule has 116 valence electrons. The van der Waals surface area contributed by atoms with Crippen LogP contribution in [0.1, 0.15) is 36.4 Å². The van der Waals surface area contributed by atoms with E-state index in [4.69, 9.17) is 0 Å². The molecule has 0 spiro atoms. The van der Waals surface area contributed by atoms with E-state index in [1.807, 2.05) is 0 Å². The summed E-state index contributed by atoms with van der Waals surface area (Å²) in [4.78, 5) is 0. The molecule has 1 fully saturated rings. The number of rotatable bonds is 3. The summed E-state index contributed by atoms with van der Waals surface area (Å²) in [6.07, 6.45) is 5.55. The first-order valence-electron chi connectivity index (χ1n) is 7.80. The zero-order valence-corrected chi connectivity index (χ0v) is 13.4. The number of fused-ring (bicyclic) bond motifs is 1. The fraction of sp³-hybridized carbons (Fsp3) is 0.625. The van der Waals surface area contributed by atoms with Crippen molar-refractivity contribution in [3.8, 4) is 0 Å². The van der Waals surface area contributed by atoms with Crippen LogP contribution < -0.4 is 5.32 Å². The van der Waals surface area contributed by atoms with Gasteiger partial charge in [0.15, 0.2) is 0 Å². The highest BCUT2D eigenvalue weighted by Gasteiger charge is 2.29. The first-order chi connectivity index (χ1) is 10.0. The summed E-state index contributed by atoms with van der Waals surface area (Å²) in [6.45, 7) is 2.38. The van der Waals surface area contributed by atoms with Crippen molar-refractivity contribution in [2.24, 2.45) is 5.92 Å². The molecule has 21 heavy (non-hydrogen) atoms. The van der Waals surface area contributed by atoms with Crippen molar-refractivity contribution in [1.29, 1.82) is 0 Å². The Kier molecular flexibility index (Phi) is 4.33. The van der Waals surface area contributed by atoms with Gasteiger partial charge in [-0.3, -0.25) is 0 Å². The van der Waals surface area contributed by atoms with Gasteiger partial charge >= 0.3 is 0 Å². The van der Waals surface area contributed by atoms with Crippen LogP contribution in [0.15, 0.2) is 24.3 Å². The molecule has 0 saturated carbocycles. The molecule has 2 heterocycles. The Bertz CT molecular complexity index is 600. The highest BCUT2D eigenvalue weighted by Crippen LogP contribution is 2.31. The van der Waals surface area contributed by atoms with E-state index < -0.39 is 10.0 Å². The normalized spacial score (nSPS) is 27.3. The lowest BCUT2D eigenvalue weighted by atomic mass is 9.85. The standard InChI is InChI=1S/C16H24N2O2S/c1-21(19,20)18-10-4-5-13(12-18)11-16-15-7-3-2-6-14(15)8-9-17-16/h2-3,6-7,13,16-17H,4-5,8-12H2,1H3. The predicted octanol–water partition coefficient (Wildman–Crippen LogP) is 1.94. The van der Waals surface area contributed by atoms with E-state index >= 15 is 0 Å². The molecule has 4 nitrogen and oxygen atoms in total. The van der Waals surface area contributed by atoms with Gasteiger partial charge in [0.1, 0.15) is 0 Å². The SMILES string of the molecule is CS(=O)(=O)N1CCCC(CC2NCCc3ccccc32)C1. The number of nitrogens with one attached hydrogen (secondary N) is 1. The van der Waals surface area contributed by atoms with Crippen molar-refractivity contribution in [3.63, 3.8) is 0 Å². The number of nitrogens with zero attached hydrogens (tertiary/aromatic N) is 1. The average molecular weight is 308 g/mol. The number of hydrogen-bond acceptors (Lipinski definition) is 3. The van der Waals surface area contributed by atoms with E-state index in [9.17, 15) is 8.42 Å². The average Bonchev–Trinajstić information content (AvgIpc) is 2.47. The molecule has 1 aromatic rings. The lowest BCUT2D eigenvalue weighted by molar-refractivity contribution is 0.236. The molecule has 0 aliphatic carbocycles. The molecule has 2 atom stereocenters. The summed E-state index contributed by atoms with van der Waals surface area (Å²) in [5, 5.41) is 3.61. The lowest BCUT2D eigenvalue weighted by Crippen LogP contribution is -2.41. The minimum atomic E-state index is -3.05. The Morgan fingerprint density at radius 1 is 1.33 bits per heavy atom. The molecular weight excluding hydrogens is 284 g/mol. The van der Waals surface area contributed by atoms with Gasteiger partial charge in [0.25, 0.3) is 0 Å². The maximum absolute atomic E-state index is 11.7. The second kappa shape index (κ2) is 6.07. The highest BCUT2D eigenvalue weighted by atomic mass is 32.2. The van der Waals surface area contributed by atoms with Crippen molar-refractivity contribution in [3.05, 3.63) is 35.4 Å². The van der Waals surface area contributed by atoms with E-state index in [0.29, 0.717) is 25.0 Å². The van der Waals surface area contributed by atoms with Gasteiger partial charge in [-0.05, 0) is 49.3 Å². The summed E-state index contributed by atoms with van der Waals surface area (Å²) in [5.74, 6) is 0.456. The van der Waals surface area contributed by atoms with Crippen LogP contribution in [0.2, 0.25) is 0 Å². The van der Waals surface area contributed by atoms with E-state index in [1.54, 1.807) is 4.31 Å². The van der Waals surface area contributed by atoms with Crippen LogP contribution in [0, 0.1) is 5.92 Å². The largest absolute Gasteiger partial charge is 0.310 e. The zero-order chi connectivity index (χ0) is 14.9. The third-order valence-electron chi connectivity index (χ3n) is 4.74. The van der Waals surface area contributed by atoms with Gasteiger partial charge in [-0.1, -0.05) is 24.3 Å². The van der Waals surface area contributed by atoms with Crippen molar-refractivity contribution in [2.75, 3.05) is 25.9 Å². The van der Waals surface area contributed by atoms with Crippen molar-refractivity contribution >= 4 is 10.0 Å². The molecule has 2 aliphatic heterocycles. The minimum absolute atomic E-state index is 0.375. The van der Waals surface area contributed by atoms with Crippen molar-refractivity contribution in [2.45, 2.75) is 31.7 Å². The zero-order valence-electron chi connectivity index (χ0n) is 12.6. The van der Waals surface area contributed by atoms with Crippen LogP contribution in [0.5, 0.6) is 0 Å². The van der Waals surface area contributed by atoms with Gasteiger partial charge in [-0.25, -0.2) is 12.7 Å². The van der Waals surface area contributed by atoms with E-state index in [0.717, 1.165) is 32.2 Å². The highest BCUT2D eigenvalue weighted by molar-refractivity contribution is 7.88. The summed E-state index contributed by atoms with van der Waals surface area (Å²) in [5.41, 5.74) is 2.84. The van der Waals surface area contributed by atoms with Gasteiger partial charge in [-0.2, -0.15) is 0 Å². The van der Waals surface area contributed by atoms with E-state index in [-0.39, 0.29) is 0 Å². The summed E-state index contributed by atoms with van der Waals surface area (Å²) in [7, 11) is -3.05. The van der Waals surface area contributed by atoms with Crippen LogP contribution in [-0.2, 0) is 16.4 Å². The number of hydrogen-bond donors (Lipinski definition) is 1. The number of sulfonamides is 1. The fourth-order valence-electron chi connectivity index (χ4n) is 3.66. The van der Waals surface area contributed by atoms with Gasteiger partial charge in [0.05, 0.1) is 6.26 Å². The smallest absolute Gasteiger partial charge is 0.211 e. The molecule has 2 unspecified atom stereocenters. The number of piperidine rings is 1. The van der Waals surface area contributed by atoms with Crippen molar-refractivity contribution < 1.29 is 8.42 Å². The van der Waals surface area contributed by atoms with Crippen LogP contribution in [0.25, 0.3) is 0 Å². The second-order valence-electron chi connectivity index (χ2n) is 6.32. The molecule has 1 N–H and O–H groups in total. The Morgan fingerprint density at radius 2 is 2.14 bits per heavy atom. The summed E-state index contributed by atoms with van der Waals surface area (Å²) >= 11 is 0. The molecule has 2 aliphatic rings. The third-order valence-corrected chi connectivity index (χ3v) is 6.01. The first-order valence-corrected chi connectivity index (χ1v) is 9.65. The van der Waals surface area contributed by atoms with Crippen LogP contribution in [0.3, 0.4) is 0 Å². The molecule has 0 bridgehead atoms.